The summed E-state index contributed by atoms with van der Waals surface area (Å²) in [5, 5.41) is 3.45. The fourth-order valence-electron chi connectivity index (χ4n) is 3.04. The number of piperidine rings is 1. The second-order valence-electron chi connectivity index (χ2n) is 5.61. The van der Waals surface area contributed by atoms with Crippen molar-refractivity contribution in [1.29, 1.82) is 0 Å². The Morgan fingerprint density at radius 1 is 1.36 bits per heavy atom. The van der Waals surface area contributed by atoms with E-state index in [-0.39, 0.29) is 0 Å². The second kappa shape index (κ2) is 5.64. The molecule has 1 atom stereocenters. The molecule has 0 bridgehead atoms. The minimum absolute atomic E-state index is 0.493. The van der Waals surface area contributed by atoms with E-state index in [1.807, 2.05) is 0 Å². The lowest BCUT2D eigenvalue weighted by Gasteiger charge is -2.32. The molecule has 0 aliphatic carbocycles. The highest BCUT2D eigenvalue weighted by Crippen LogP contribution is 2.32. The standard InChI is InChI=1S/C15H18N6S/c1-2-11-7-22-15(20-11)10-4-3-5-21(6-10)14-12-13(17-8-16-12)18-9-19-14/h7-10H,2-6H2,1H3,(H,16,17,18,19). The summed E-state index contributed by atoms with van der Waals surface area (Å²) in [5.74, 6) is 1.45. The maximum Gasteiger partial charge on any atom is 0.182 e. The number of fused-ring (bicyclic) bond motifs is 1. The van der Waals surface area contributed by atoms with Crippen molar-refractivity contribution in [1.82, 2.24) is 24.9 Å². The molecule has 4 heterocycles. The third-order valence-corrected chi connectivity index (χ3v) is 5.26. The van der Waals surface area contributed by atoms with E-state index in [1.54, 1.807) is 24.0 Å². The van der Waals surface area contributed by atoms with Crippen molar-refractivity contribution in [2.24, 2.45) is 0 Å². The molecule has 0 spiro atoms. The average Bonchev–Trinajstić information content (AvgIpc) is 3.23. The van der Waals surface area contributed by atoms with Crippen LogP contribution in [0.4, 0.5) is 5.82 Å². The monoisotopic (exact) mass is 314 g/mol. The summed E-state index contributed by atoms with van der Waals surface area (Å²) < 4.78 is 0. The number of anilines is 1. The minimum Gasteiger partial charge on any atom is -0.354 e. The number of thiazole rings is 1. The summed E-state index contributed by atoms with van der Waals surface area (Å²) in [5.41, 5.74) is 2.86. The van der Waals surface area contributed by atoms with Crippen molar-refractivity contribution in [2.45, 2.75) is 32.1 Å². The van der Waals surface area contributed by atoms with Gasteiger partial charge in [-0.05, 0) is 19.3 Å². The molecule has 4 rings (SSSR count). The van der Waals surface area contributed by atoms with E-state index in [4.69, 9.17) is 4.98 Å². The number of aromatic amines is 1. The molecule has 0 amide bonds. The van der Waals surface area contributed by atoms with Crippen molar-refractivity contribution >= 4 is 28.3 Å². The molecule has 1 unspecified atom stereocenters. The summed E-state index contributed by atoms with van der Waals surface area (Å²) in [4.78, 5) is 23.2. The first-order valence-electron chi connectivity index (χ1n) is 7.68. The van der Waals surface area contributed by atoms with Crippen molar-refractivity contribution < 1.29 is 0 Å². The van der Waals surface area contributed by atoms with Crippen molar-refractivity contribution in [2.75, 3.05) is 18.0 Å². The first-order chi connectivity index (χ1) is 10.8. The topological polar surface area (TPSA) is 70.6 Å². The van der Waals surface area contributed by atoms with E-state index < -0.39 is 0 Å². The number of aryl methyl sites for hydroxylation is 1. The van der Waals surface area contributed by atoms with Gasteiger partial charge in [-0.2, -0.15) is 0 Å². The second-order valence-corrected chi connectivity index (χ2v) is 6.50. The van der Waals surface area contributed by atoms with E-state index in [9.17, 15) is 0 Å². The van der Waals surface area contributed by atoms with Crippen LogP contribution in [0.25, 0.3) is 11.2 Å². The normalized spacial score (nSPS) is 19.0. The lowest BCUT2D eigenvalue weighted by Crippen LogP contribution is -2.35. The number of rotatable bonds is 3. The summed E-state index contributed by atoms with van der Waals surface area (Å²) in [6.45, 7) is 4.14. The van der Waals surface area contributed by atoms with Crippen molar-refractivity contribution in [3.63, 3.8) is 0 Å². The van der Waals surface area contributed by atoms with E-state index in [0.29, 0.717) is 5.92 Å². The molecule has 3 aromatic rings. The van der Waals surface area contributed by atoms with Crippen molar-refractivity contribution in [3.8, 4) is 0 Å². The number of imidazole rings is 1. The number of hydrogen-bond acceptors (Lipinski definition) is 6. The number of aromatic nitrogens is 5. The Morgan fingerprint density at radius 3 is 3.18 bits per heavy atom. The third kappa shape index (κ3) is 2.35. The third-order valence-electron chi connectivity index (χ3n) is 4.20. The smallest absolute Gasteiger partial charge is 0.182 e. The lowest BCUT2D eigenvalue weighted by molar-refractivity contribution is 0.505. The highest BCUT2D eigenvalue weighted by Gasteiger charge is 2.26. The van der Waals surface area contributed by atoms with Gasteiger partial charge in [-0.25, -0.2) is 19.9 Å². The van der Waals surface area contributed by atoms with Crippen LogP contribution in [-0.2, 0) is 6.42 Å². The molecule has 1 N–H and O–H groups in total. The molecule has 0 radical (unpaired) electrons. The Bertz CT molecular complexity index is 779. The average molecular weight is 314 g/mol. The summed E-state index contributed by atoms with van der Waals surface area (Å²) in [7, 11) is 0. The summed E-state index contributed by atoms with van der Waals surface area (Å²) in [6, 6.07) is 0. The molecular formula is C15H18N6S. The van der Waals surface area contributed by atoms with Crippen LogP contribution in [0.1, 0.15) is 36.4 Å². The van der Waals surface area contributed by atoms with Crippen LogP contribution in [0.2, 0.25) is 0 Å². The quantitative estimate of drug-likeness (QED) is 0.805. The summed E-state index contributed by atoms with van der Waals surface area (Å²) >= 11 is 1.79. The minimum atomic E-state index is 0.493. The highest BCUT2D eigenvalue weighted by molar-refractivity contribution is 7.09. The van der Waals surface area contributed by atoms with Gasteiger partial charge in [0.25, 0.3) is 0 Å². The molecule has 22 heavy (non-hydrogen) atoms. The van der Waals surface area contributed by atoms with Gasteiger partial charge in [0.2, 0.25) is 0 Å². The zero-order valence-electron chi connectivity index (χ0n) is 12.5. The Balaban J connectivity index is 1.62. The van der Waals surface area contributed by atoms with Gasteiger partial charge in [0.05, 0.1) is 17.0 Å². The van der Waals surface area contributed by atoms with Crippen LogP contribution >= 0.6 is 11.3 Å². The van der Waals surface area contributed by atoms with Gasteiger partial charge in [-0.3, -0.25) is 0 Å². The van der Waals surface area contributed by atoms with Gasteiger partial charge in [-0.15, -0.1) is 11.3 Å². The van der Waals surface area contributed by atoms with Crippen LogP contribution in [0.3, 0.4) is 0 Å². The number of nitrogens with one attached hydrogen (secondary N) is 1. The maximum absolute atomic E-state index is 4.77. The number of nitrogens with zero attached hydrogens (tertiary/aromatic N) is 5. The Morgan fingerprint density at radius 2 is 2.32 bits per heavy atom. The SMILES string of the molecule is CCc1csc(C2CCCN(c3ncnc4nc[nH]c34)C2)n1. The molecule has 1 aliphatic rings. The van der Waals surface area contributed by atoms with E-state index in [1.165, 1.54) is 17.1 Å². The van der Waals surface area contributed by atoms with E-state index in [0.717, 1.165) is 42.9 Å². The lowest BCUT2D eigenvalue weighted by atomic mass is 9.98. The van der Waals surface area contributed by atoms with Gasteiger partial charge in [-0.1, -0.05) is 6.92 Å². The number of H-pyrrole nitrogens is 1. The predicted molar refractivity (Wildman–Crippen MR) is 87.4 cm³/mol. The van der Waals surface area contributed by atoms with Crippen LogP contribution < -0.4 is 4.90 Å². The van der Waals surface area contributed by atoms with E-state index >= 15 is 0 Å². The molecule has 1 aliphatic heterocycles. The molecule has 0 aromatic carbocycles. The molecule has 6 nitrogen and oxygen atoms in total. The predicted octanol–water partition coefficient (Wildman–Crippen LogP) is 2.76. The first-order valence-corrected chi connectivity index (χ1v) is 8.56. The Kier molecular flexibility index (Phi) is 3.49. The van der Waals surface area contributed by atoms with E-state index in [2.05, 4.69) is 37.1 Å². The molecular weight excluding hydrogens is 296 g/mol. The zero-order valence-corrected chi connectivity index (χ0v) is 13.3. The van der Waals surface area contributed by atoms with Crippen LogP contribution in [-0.4, -0.2) is 38.0 Å². The molecule has 0 saturated carbocycles. The molecule has 7 heteroatoms. The van der Waals surface area contributed by atoms with Crippen LogP contribution in [0.15, 0.2) is 18.0 Å². The van der Waals surface area contributed by atoms with Crippen LogP contribution in [0.5, 0.6) is 0 Å². The molecule has 1 fully saturated rings. The fourth-order valence-corrected chi connectivity index (χ4v) is 4.07. The Labute approximate surface area is 132 Å². The molecule has 1 saturated heterocycles. The summed E-state index contributed by atoms with van der Waals surface area (Å²) in [6.07, 6.45) is 6.64. The van der Waals surface area contributed by atoms with Gasteiger partial charge in [0, 0.05) is 24.4 Å². The first kappa shape index (κ1) is 13.6. The molecule has 3 aromatic heterocycles. The highest BCUT2D eigenvalue weighted by atomic mass is 32.1. The maximum atomic E-state index is 4.77. The zero-order chi connectivity index (χ0) is 14.9. The molecule has 114 valence electrons. The van der Waals surface area contributed by atoms with Gasteiger partial charge in [0.15, 0.2) is 11.5 Å². The van der Waals surface area contributed by atoms with Gasteiger partial charge in [0.1, 0.15) is 11.8 Å². The largest absolute Gasteiger partial charge is 0.354 e. The fraction of sp³-hybridized carbons (Fsp3) is 0.467. The van der Waals surface area contributed by atoms with Crippen LogP contribution in [0, 0.1) is 0 Å². The Hall–Kier alpha value is -2.02. The van der Waals surface area contributed by atoms with Crippen molar-refractivity contribution in [3.05, 3.63) is 28.7 Å². The van der Waals surface area contributed by atoms with Gasteiger partial charge >= 0.3 is 0 Å². The number of hydrogen-bond donors (Lipinski definition) is 1. The van der Waals surface area contributed by atoms with Gasteiger partial charge < -0.3 is 9.88 Å².